The molecule has 0 aliphatic carbocycles. The van der Waals surface area contributed by atoms with Crippen molar-refractivity contribution >= 4 is 29.5 Å². The molecule has 2 heterocycles. The first-order chi connectivity index (χ1) is 8.06. The summed E-state index contributed by atoms with van der Waals surface area (Å²) in [7, 11) is 0. The lowest BCUT2D eigenvalue weighted by Crippen LogP contribution is -2.39. The van der Waals surface area contributed by atoms with Crippen LogP contribution in [0.5, 0.6) is 0 Å². The van der Waals surface area contributed by atoms with Gasteiger partial charge in [-0.15, -0.1) is 11.3 Å². The van der Waals surface area contributed by atoms with Crippen LogP contribution in [-0.4, -0.2) is 29.6 Å². The number of hydrogen-bond acceptors (Lipinski definition) is 4. The summed E-state index contributed by atoms with van der Waals surface area (Å²) in [5.74, 6) is 0.0423. The molecule has 1 aliphatic heterocycles. The molecule has 2 atom stereocenters. The summed E-state index contributed by atoms with van der Waals surface area (Å²) in [5.41, 5.74) is 0.992. The molecule has 0 aromatic carbocycles. The smallest absolute Gasteiger partial charge is 0.225 e. The molecule has 1 amide bonds. The molecule has 4 nitrogen and oxygen atoms in total. The highest BCUT2D eigenvalue weighted by atomic mass is 32.1. The van der Waals surface area contributed by atoms with E-state index in [1.54, 1.807) is 0 Å². The minimum atomic E-state index is 0.0423. The Morgan fingerprint density at radius 3 is 3.00 bits per heavy atom. The first-order valence-corrected chi connectivity index (χ1v) is 6.88. The number of hydrogen-bond donors (Lipinski definition) is 2. The Hall–Kier alpha value is -0.720. The molecular weight excluding hydrogens is 256 g/mol. The van der Waals surface area contributed by atoms with Crippen molar-refractivity contribution in [2.45, 2.75) is 38.8 Å². The second-order valence-corrected chi connectivity index (χ2v) is 6.05. The fraction of sp³-hybridized carbons (Fsp3) is 0.636. The average Bonchev–Trinajstić information content (AvgIpc) is 2.75. The number of H-pyrrole nitrogens is 1. The van der Waals surface area contributed by atoms with E-state index < -0.39 is 0 Å². The largest absolute Gasteiger partial charge is 0.376 e. The molecule has 0 unspecified atom stereocenters. The SMILES string of the molecule is Cc1[nH]c(=S)sc1CC(=O)N[C@H]1CCO[C@@H]1C. The lowest BCUT2D eigenvalue weighted by molar-refractivity contribution is -0.121. The summed E-state index contributed by atoms with van der Waals surface area (Å²) < 4.78 is 6.13. The number of aromatic amines is 1. The Kier molecular flexibility index (Phi) is 3.96. The maximum absolute atomic E-state index is 11.9. The van der Waals surface area contributed by atoms with Crippen LogP contribution in [-0.2, 0) is 16.0 Å². The molecule has 0 spiro atoms. The van der Waals surface area contributed by atoms with Gasteiger partial charge in [-0.25, -0.2) is 0 Å². The van der Waals surface area contributed by atoms with Crippen LogP contribution in [0.3, 0.4) is 0 Å². The van der Waals surface area contributed by atoms with E-state index in [1.165, 1.54) is 11.3 Å². The molecular formula is C11H16N2O2S2. The molecule has 0 radical (unpaired) electrons. The van der Waals surface area contributed by atoms with Gasteiger partial charge in [0.2, 0.25) is 5.91 Å². The molecule has 17 heavy (non-hydrogen) atoms. The number of nitrogens with one attached hydrogen (secondary N) is 2. The summed E-state index contributed by atoms with van der Waals surface area (Å²) >= 11 is 6.52. The lowest BCUT2D eigenvalue weighted by atomic mass is 10.1. The Morgan fingerprint density at radius 1 is 1.71 bits per heavy atom. The summed E-state index contributed by atoms with van der Waals surface area (Å²) in [4.78, 5) is 15.9. The predicted octanol–water partition coefficient (Wildman–Crippen LogP) is 1.95. The molecule has 1 aromatic heterocycles. The molecule has 2 N–H and O–H groups in total. The highest BCUT2D eigenvalue weighted by Crippen LogP contribution is 2.16. The van der Waals surface area contributed by atoms with E-state index in [2.05, 4.69) is 10.3 Å². The van der Waals surface area contributed by atoms with Crippen molar-refractivity contribution in [3.8, 4) is 0 Å². The second-order valence-electron chi connectivity index (χ2n) is 4.28. The zero-order valence-electron chi connectivity index (χ0n) is 9.91. The van der Waals surface area contributed by atoms with Crippen molar-refractivity contribution in [2.75, 3.05) is 6.61 Å². The van der Waals surface area contributed by atoms with Crippen molar-refractivity contribution in [1.29, 1.82) is 0 Å². The maximum Gasteiger partial charge on any atom is 0.225 e. The van der Waals surface area contributed by atoms with Gasteiger partial charge in [0.1, 0.15) is 0 Å². The highest BCUT2D eigenvalue weighted by molar-refractivity contribution is 7.73. The summed E-state index contributed by atoms with van der Waals surface area (Å²) in [6.45, 7) is 4.66. The number of thiazole rings is 1. The molecule has 1 saturated heterocycles. The number of carbonyl (C=O) groups is 1. The standard InChI is InChI=1S/C11H16N2O2S2/c1-6-9(17-11(16)12-6)5-10(14)13-8-3-4-15-7(8)2/h7-8H,3-5H2,1-2H3,(H,12,16)(H,13,14)/t7-,8+/m1/s1. The van der Waals surface area contributed by atoms with E-state index >= 15 is 0 Å². The van der Waals surface area contributed by atoms with Crippen LogP contribution in [0.1, 0.15) is 23.9 Å². The Balaban J connectivity index is 1.93. The van der Waals surface area contributed by atoms with Crippen molar-refractivity contribution in [1.82, 2.24) is 10.3 Å². The van der Waals surface area contributed by atoms with Gasteiger partial charge in [0.05, 0.1) is 18.6 Å². The van der Waals surface area contributed by atoms with Gasteiger partial charge in [-0.2, -0.15) is 0 Å². The topological polar surface area (TPSA) is 54.1 Å². The molecule has 1 aliphatic rings. The van der Waals surface area contributed by atoms with Crippen molar-refractivity contribution in [3.05, 3.63) is 14.5 Å². The van der Waals surface area contributed by atoms with E-state index in [0.29, 0.717) is 6.42 Å². The lowest BCUT2D eigenvalue weighted by Gasteiger charge is -2.15. The Morgan fingerprint density at radius 2 is 2.47 bits per heavy atom. The van der Waals surface area contributed by atoms with Crippen LogP contribution >= 0.6 is 23.6 Å². The first kappa shape index (κ1) is 12.7. The maximum atomic E-state index is 11.9. The van der Waals surface area contributed by atoms with Crippen molar-refractivity contribution < 1.29 is 9.53 Å². The van der Waals surface area contributed by atoms with Gasteiger partial charge in [0.15, 0.2) is 3.95 Å². The fourth-order valence-corrected chi connectivity index (χ4v) is 3.22. The van der Waals surface area contributed by atoms with E-state index in [9.17, 15) is 4.79 Å². The molecule has 1 aromatic rings. The van der Waals surface area contributed by atoms with E-state index in [0.717, 1.165) is 27.6 Å². The normalized spacial score (nSPS) is 23.9. The molecule has 1 fully saturated rings. The van der Waals surface area contributed by atoms with Gasteiger partial charge in [-0.3, -0.25) is 4.79 Å². The third-order valence-electron chi connectivity index (χ3n) is 2.97. The van der Waals surface area contributed by atoms with Gasteiger partial charge in [-0.1, -0.05) is 0 Å². The Labute approximate surface area is 109 Å². The first-order valence-electron chi connectivity index (χ1n) is 5.66. The van der Waals surface area contributed by atoms with E-state index in [4.69, 9.17) is 17.0 Å². The zero-order chi connectivity index (χ0) is 12.4. The molecule has 6 heteroatoms. The minimum Gasteiger partial charge on any atom is -0.376 e. The summed E-state index contributed by atoms with van der Waals surface area (Å²) in [5, 5.41) is 3.01. The number of ether oxygens (including phenoxy) is 1. The van der Waals surface area contributed by atoms with Crippen molar-refractivity contribution in [2.24, 2.45) is 0 Å². The van der Waals surface area contributed by atoms with E-state index in [1.807, 2.05) is 13.8 Å². The molecule has 2 rings (SSSR count). The van der Waals surface area contributed by atoms with Gasteiger partial charge < -0.3 is 15.0 Å². The average molecular weight is 272 g/mol. The fourth-order valence-electron chi connectivity index (χ4n) is 1.93. The Bertz CT molecular complexity index is 466. The predicted molar refractivity (Wildman–Crippen MR) is 69.9 cm³/mol. The number of carbonyl (C=O) groups excluding carboxylic acids is 1. The van der Waals surface area contributed by atoms with E-state index in [-0.39, 0.29) is 18.1 Å². The summed E-state index contributed by atoms with van der Waals surface area (Å²) in [6.07, 6.45) is 1.41. The quantitative estimate of drug-likeness (QED) is 0.827. The molecule has 0 bridgehead atoms. The van der Waals surface area contributed by atoms with Gasteiger partial charge in [-0.05, 0) is 32.5 Å². The van der Waals surface area contributed by atoms with Crippen LogP contribution in [0.4, 0.5) is 0 Å². The highest BCUT2D eigenvalue weighted by Gasteiger charge is 2.25. The molecule has 0 saturated carbocycles. The van der Waals surface area contributed by atoms with Crippen LogP contribution in [0.15, 0.2) is 0 Å². The molecule has 94 valence electrons. The number of aromatic nitrogens is 1. The zero-order valence-corrected chi connectivity index (χ0v) is 11.5. The van der Waals surface area contributed by atoms with Crippen LogP contribution in [0, 0.1) is 10.9 Å². The van der Waals surface area contributed by atoms with Gasteiger partial charge in [0.25, 0.3) is 0 Å². The van der Waals surface area contributed by atoms with Crippen LogP contribution in [0.25, 0.3) is 0 Å². The summed E-state index contributed by atoms with van der Waals surface area (Å²) in [6, 6.07) is 0.148. The number of amides is 1. The van der Waals surface area contributed by atoms with Crippen LogP contribution < -0.4 is 5.32 Å². The second kappa shape index (κ2) is 5.29. The van der Waals surface area contributed by atoms with Crippen LogP contribution in [0.2, 0.25) is 0 Å². The minimum absolute atomic E-state index is 0.0423. The number of rotatable bonds is 3. The third kappa shape index (κ3) is 3.14. The monoisotopic (exact) mass is 272 g/mol. The van der Waals surface area contributed by atoms with Gasteiger partial charge >= 0.3 is 0 Å². The third-order valence-corrected chi connectivity index (χ3v) is 4.30. The van der Waals surface area contributed by atoms with Crippen molar-refractivity contribution in [3.63, 3.8) is 0 Å². The van der Waals surface area contributed by atoms with Gasteiger partial charge in [0, 0.05) is 17.2 Å². The number of aryl methyl sites for hydroxylation is 1.